The summed E-state index contributed by atoms with van der Waals surface area (Å²) in [7, 11) is 3.13. The molecule has 0 spiro atoms. The molecular formula is C26H34N2O8. The van der Waals surface area contributed by atoms with Crippen LogP contribution >= 0.6 is 0 Å². The van der Waals surface area contributed by atoms with Crippen LogP contribution in [0.25, 0.3) is 0 Å². The van der Waals surface area contributed by atoms with Gasteiger partial charge in [-0.25, -0.2) is 19.2 Å². The van der Waals surface area contributed by atoms with Crippen molar-refractivity contribution in [3.8, 4) is 11.5 Å². The monoisotopic (exact) mass is 502 g/mol. The molecule has 10 heteroatoms. The fourth-order valence-electron chi connectivity index (χ4n) is 2.69. The summed E-state index contributed by atoms with van der Waals surface area (Å²) >= 11 is 0. The molecule has 0 saturated heterocycles. The number of carbonyl (C=O) groups excluding carboxylic acids is 4. The third-order valence-electron chi connectivity index (χ3n) is 4.55. The molecule has 10 nitrogen and oxygen atoms in total. The van der Waals surface area contributed by atoms with E-state index in [1.54, 1.807) is 76.5 Å². The maximum atomic E-state index is 11.9. The Kier molecular flexibility index (Phi) is 13.1. The standard InChI is InChI=1S/C14H19NO4.C12H15NO4/c1-4-15(5-2)14(17)19-12-10-8-7-9-11(12)13(16)18-6-3;1-4-16-11(14)9-7-5-6-8-10(9)17-12(15)13(2)3/h7-10H,4-6H2,1-3H3;5-8H,4H2,1-3H3. The summed E-state index contributed by atoms with van der Waals surface area (Å²) in [6.07, 6.45) is -1.01. The maximum Gasteiger partial charge on any atom is 0.415 e. The summed E-state index contributed by atoms with van der Waals surface area (Å²) in [4.78, 5) is 49.4. The number of benzene rings is 2. The van der Waals surface area contributed by atoms with Crippen molar-refractivity contribution < 1.29 is 38.1 Å². The summed E-state index contributed by atoms with van der Waals surface area (Å²) in [6, 6.07) is 13.0. The molecule has 2 amide bonds. The van der Waals surface area contributed by atoms with Crippen LogP contribution in [-0.2, 0) is 9.47 Å². The van der Waals surface area contributed by atoms with E-state index >= 15 is 0 Å². The van der Waals surface area contributed by atoms with Crippen molar-refractivity contribution in [1.29, 1.82) is 0 Å². The van der Waals surface area contributed by atoms with Crippen molar-refractivity contribution >= 4 is 24.1 Å². The van der Waals surface area contributed by atoms with Crippen LogP contribution in [0.1, 0.15) is 48.4 Å². The Morgan fingerprint density at radius 1 is 0.639 bits per heavy atom. The van der Waals surface area contributed by atoms with Crippen molar-refractivity contribution in [2.75, 3.05) is 40.4 Å². The lowest BCUT2D eigenvalue weighted by Gasteiger charge is -2.18. The van der Waals surface area contributed by atoms with Gasteiger partial charge in [-0.3, -0.25) is 0 Å². The molecule has 196 valence electrons. The van der Waals surface area contributed by atoms with Gasteiger partial charge in [0.25, 0.3) is 0 Å². The van der Waals surface area contributed by atoms with Crippen LogP contribution < -0.4 is 9.47 Å². The molecule has 0 fully saturated rings. The molecule has 2 rings (SSSR count). The average molecular weight is 503 g/mol. The van der Waals surface area contributed by atoms with Gasteiger partial charge in [-0.15, -0.1) is 0 Å². The highest BCUT2D eigenvalue weighted by Crippen LogP contribution is 2.20. The lowest BCUT2D eigenvalue weighted by atomic mass is 10.2. The molecule has 0 radical (unpaired) electrons. The predicted octanol–water partition coefficient (Wildman–Crippen LogP) is 4.63. The van der Waals surface area contributed by atoms with Gasteiger partial charge in [-0.2, -0.15) is 0 Å². The maximum absolute atomic E-state index is 11.9. The molecule has 0 aromatic heterocycles. The lowest BCUT2D eigenvalue weighted by Crippen LogP contribution is -2.33. The first-order chi connectivity index (χ1) is 17.2. The molecule has 2 aromatic rings. The molecule has 2 aromatic carbocycles. The Morgan fingerprint density at radius 3 is 1.39 bits per heavy atom. The predicted molar refractivity (Wildman–Crippen MR) is 133 cm³/mol. The summed E-state index contributed by atoms with van der Waals surface area (Å²) in [5.74, 6) is -0.581. The molecule has 0 N–H and O–H groups in total. The third kappa shape index (κ3) is 9.28. The molecule has 0 aliphatic rings. The average Bonchev–Trinajstić information content (AvgIpc) is 2.86. The van der Waals surface area contributed by atoms with Crippen LogP contribution in [0.15, 0.2) is 48.5 Å². The number of hydrogen-bond acceptors (Lipinski definition) is 8. The zero-order chi connectivity index (χ0) is 27.1. The number of nitrogens with zero attached hydrogens (tertiary/aromatic N) is 2. The van der Waals surface area contributed by atoms with Crippen molar-refractivity contribution in [2.24, 2.45) is 0 Å². The smallest absolute Gasteiger partial charge is 0.415 e. The van der Waals surface area contributed by atoms with Crippen LogP contribution in [0.5, 0.6) is 11.5 Å². The second-order valence-electron chi connectivity index (χ2n) is 7.24. The second kappa shape index (κ2) is 15.8. The van der Waals surface area contributed by atoms with Gasteiger partial charge in [-0.1, -0.05) is 24.3 Å². The van der Waals surface area contributed by atoms with Crippen LogP contribution in [0.3, 0.4) is 0 Å². The van der Waals surface area contributed by atoms with Crippen molar-refractivity contribution in [1.82, 2.24) is 9.80 Å². The Bertz CT molecular complexity index is 1020. The van der Waals surface area contributed by atoms with Gasteiger partial charge < -0.3 is 28.7 Å². The van der Waals surface area contributed by atoms with Crippen molar-refractivity contribution in [3.63, 3.8) is 0 Å². The molecule has 0 aliphatic heterocycles. The molecule has 0 atom stereocenters. The molecular weight excluding hydrogens is 468 g/mol. The van der Waals surface area contributed by atoms with E-state index in [1.807, 2.05) is 13.8 Å². The van der Waals surface area contributed by atoms with Crippen LogP contribution in [0, 0.1) is 0 Å². The number of ether oxygens (including phenoxy) is 4. The SMILES string of the molecule is CCOC(=O)c1ccccc1OC(=O)N(C)C.CCOC(=O)c1ccccc1OC(=O)N(CC)CC. The lowest BCUT2D eigenvalue weighted by molar-refractivity contribution is 0.0512. The van der Waals surface area contributed by atoms with Crippen molar-refractivity contribution in [3.05, 3.63) is 59.7 Å². The second-order valence-corrected chi connectivity index (χ2v) is 7.24. The van der Waals surface area contributed by atoms with E-state index in [4.69, 9.17) is 18.9 Å². The molecule has 0 heterocycles. The van der Waals surface area contributed by atoms with Gasteiger partial charge in [0.15, 0.2) is 0 Å². The number of rotatable bonds is 8. The summed E-state index contributed by atoms with van der Waals surface area (Å²) in [5, 5.41) is 0. The quantitative estimate of drug-likeness (QED) is 0.481. The molecule has 0 bridgehead atoms. The highest BCUT2D eigenvalue weighted by molar-refractivity contribution is 5.94. The normalized spacial score (nSPS) is 9.72. The number of esters is 2. The number of carbonyl (C=O) groups is 4. The Labute approximate surface area is 211 Å². The highest BCUT2D eigenvalue weighted by atomic mass is 16.6. The third-order valence-corrected chi connectivity index (χ3v) is 4.55. The summed E-state index contributed by atoms with van der Waals surface area (Å²) in [5.41, 5.74) is 0.495. The number of para-hydroxylation sites is 2. The van der Waals surface area contributed by atoms with Gasteiger partial charge in [0.05, 0.1) is 13.2 Å². The van der Waals surface area contributed by atoms with E-state index in [2.05, 4.69) is 0 Å². The zero-order valence-corrected chi connectivity index (χ0v) is 21.6. The number of amides is 2. The van der Waals surface area contributed by atoms with Gasteiger partial charge in [0.1, 0.15) is 22.6 Å². The molecule has 0 saturated carbocycles. The highest BCUT2D eigenvalue weighted by Gasteiger charge is 2.18. The van der Waals surface area contributed by atoms with Crippen molar-refractivity contribution in [2.45, 2.75) is 27.7 Å². The van der Waals surface area contributed by atoms with Gasteiger partial charge in [0, 0.05) is 27.2 Å². The van der Waals surface area contributed by atoms with Gasteiger partial charge in [-0.05, 0) is 52.0 Å². The summed E-state index contributed by atoms with van der Waals surface area (Å²) in [6.45, 7) is 8.82. The van der Waals surface area contributed by atoms with E-state index in [0.29, 0.717) is 13.1 Å². The van der Waals surface area contributed by atoms with E-state index in [1.165, 1.54) is 9.80 Å². The molecule has 0 aliphatic carbocycles. The topological polar surface area (TPSA) is 112 Å². The fourth-order valence-corrected chi connectivity index (χ4v) is 2.69. The zero-order valence-electron chi connectivity index (χ0n) is 21.6. The van der Waals surface area contributed by atoms with E-state index in [0.717, 1.165) is 0 Å². The minimum atomic E-state index is -0.540. The van der Waals surface area contributed by atoms with E-state index in [9.17, 15) is 19.2 Å². The molecule has 0 unspecified atom stereocenters. The van der Waals surface area contributed by atoms with Gasteiger partial charge >= 0.3 is 24.1 Å². The van der Waals surface area contributed by atoms with E-state index in [-0.39, 0.29) is 35.8 Å². The first kappa shape index (κ1) is 30.0. The Hall–Kier alpha value is -4.08. The first-order valence-electron chi connectivity index (χ1n) is 11.6. The Balaban J connectivity index is 0.000000362. The minimum Gasteiger partial charge on any atom is -0.462 e. The Morgan fingerprint density at radius 2 is 1.03 bits per heavy atom. The first-order valence-corrected chi connectivity index (χ1v) is 11.6. The van der Waals surface area contributed by atoms with Crippen LogP contribution in [0.4, 0.5) is 9.59 Å². The van der Waals surface area contributed by atoms with Gasteiger partial charge in [0.2, 0.25) is 0 Å². The summed E-state index contributed by atoms with van der Waals surface area (Å²) < 4.78 is 20.1. The largest absolute Gasteiger partial charge is 0.462 e. The van der Waals surface area contributed by atoms with Crippen LogP contribution in [-0.4, -0.2) is 74.3 Å². The molecule has 36 heavy (non-hydrogen) atoms. The number of hydrogen-bond donors (Lipinski definition) is 0. The van der Waals surface area contributed by atoms with E-state index < -0.39 is 24.1 Å². The van der Waals surface area contributed by atoms with Crippen LogP contribution in [0.2, 0.25) is 0 Å². The fraction of sp³-hybridized carbons (Fsp3) is 0.385. The minimum absolute atomic E-state index is 0.199.